The van der Waals surface area contributed by atoms with E-state index in [9.17, 15) is 4.79 Å². The van der Waals surface area contributed by atoms with Crippen LogP contribution in [0.3, 0.4) is 0 Å². The van der Waals surface area contributed by atoms with E-state index in [4.69, 9.17) is 9.47 Å². The number of hydrogen-bond acceptors (Lipinski definition) is 4. The molecule has 1 N–H and O–H groups in total. The quantitative estimate of drug-likeness (QED) is 0.688. The molecule has 6 heteroatoms. The van der Waals surface area contributed by atoms with Crippen LogP contribution in [0.4, 0.5) is 0 Å². The summed E-state index contributed by atoms with van der Waals surface area (Å²) < 4.78 is 10.4. The first-order chi connectivity index (χ1) is 11.3. The van der Waals surface area contributed by atoms with Gasteiger partial charge in [-0.15, -0.1) is 12.4 Å². The van der Waals surface area contributed by atoms with Gasteiger partial charge in [0, 0.05) is 40.0 Å². The van der Waals surface area contributed by atoms with E-state index in [0.29, 0.717) is 32.2 Å². The number of carbonyl (C=O) groups is 1. The summed E-state index contributed by atoms with van der Waals surface area (Å²) in [6, 6.07) is 10.2. The number of nitrogens with one attached hydrogen (secondary N) is 1. The Bertz CT molecular complexity index is 453. The van der Waals surface area contributed by atoms with Crippen molar-refractivity contribution in [1.29, 1.82) is 0 Å². The molecule has 0 radical (unpaired) electrons. The Morgan fingerprint density at radius 2 is 2.00 bits per heavy atom. The normalized spacial score (nSPS) is 14.9. The van der Waals surface area contributed by atoms with Crippen LogP contribution >= 0.6 is 12.4 Å². The third-order valence-corrected chi connectivity index (χ3v) is 4.15. The molecule has 0 aromatic heterocycles. The highest BCUT2D eigenvalue weighted by molar-refractivity contribution is 5.85. The predicted octanol–water partition coefficient (Wildman–Crippen LogP) is 2.10. The van der Waals surface area contributed by atoms with Crippen molar-refractivity contribution in [3.05, 3.63) is 35.9 Å². The minimum absolute atomic E-state index is 0. The van der Waals surface area contributed by atoms with Gasteiger partial charge in [0.1, 0.15) is 0 Å². The van der Waals surface area contributed by atoms with E-state index in [1.165, 1.54) is 5.56 Å². The molecule has 5 nitrogen and oxygen atoms in total. The number of rotatable bonds is 9. The van der Waals surface area contributed by atoms with Crippen LogP contribution in [0.15, 0.2) is 30.3 Å². The first-order valence-electron chi connectivity index (χ1n) is 8.38. The number of methoxy groups -OCH3 is 1. The number of hydrogen-bond donors (Lipinski definition) is 1. The summed E-state index contributed by atoms with van der Waals surface area (Å²) >= 11 is 0. The molecule has 1 heterocycles. The molecule has 1 fully saturated rings. The number of ether oxygens (including phenoxy) is 2. The van der Waals surface area contributed by atoms with Crippen LogP contribution in [-0.4, -0.2) is 57.4 Å². The van der Waals surface area contributed by atoms with Gasteiger partial charge in [0.25, 0.3) is 0 Å². The van der Waals surface area contributed by atoms with Gasteiger partial charge in [-0.05, 0) is 24.3 Å². The lowest BCUT2D eigenvalue weighted by atomic mass is 9.99. The molecule has 0 unspecified atom stereocenters. The fourth-order valence-corrected chi connectivity index (χ4v) is 2.78. The highest BCUT2D eigenvalue weighted by Gasteiger charge is 2.21. The first kappa shape index (κ1) is 20.9. The lowest BCUT2D eigenvalue weighted by Crippen LogP contribution is -2.42. The number of halogens is 1. The number of nitrogens with zero attached hydrogens (tertiary/aromatic N) is 1. The minimum Gasteiger partial charge on any atom is -0.383 e. The molecule has 1 amide bonds. The lowest BCUT2D eigenvalue weighted by Gasteiger charge is -2.30. The van der Waals surface area contributed by atoms with Gasteiger partial charge in [0.15, 0.2) is 0 Å². The van der Waals surface area contributed by atoms with Crippen LogP contribution < -0.4 is 5.32 Å². The number of carbonyl (C=O) groups excluding carboxylic acids is 1. The third kappa shape index (κ3) is 7.62. The van der Waals surface area contributed by atoms with Crippen LogP contribution in [0.5, 0.6) is 0 Å². The average molecular weight is 357 g/mol. The van der Waals surface area contributed by atoms with E-state index < -0.39 is 0 Å². The molecule has 1 aliphatic rings. The molecule has 0 aliphatic carbocycles. The van der Waals surface area contributed by atoms with E-state index in [1.807, 2.05) is 23.1 Å². The molecule has 1 aliphatic heterocycles. The molecule has 1 saturated heterocycles. The Balaban J connectivity index is 0.00000288. The van der Waals surface area contributed by atoms with Gasteiger partial charge in [0.2, 0.25) is 5.91 Å². The van der Waals surface area contributed by atoms with Crippen molar-refractivity contribution in [2.45, 2.75) is 19.4 Å². The summed E-state index contributed by atoms with van der Waals surface area (Å²) in [6.07, 6.45) is 2.07. The van der Waals surface area contributed by atoms with Crippen molar-refractivity contribution < 1.29 is 14.3 Å². The molecule has 0 spiro atoms. The maximum Gasteiger partial charge on any atom is 0.236 e. The summed E-state index contributed by atoms with van der Waals surface area (Å²) in [5.74, 6) is 0.687. The molecule has 0 atom stereocenters. The van der Waals surface area contributed by atoms with E-state index >= 15 is 0 Å². The Morgan fingerprint density at radius 1 is 1.29 bits per heavy atom. The van der Waals surface area contributed by atoms with Crippen molar-refractivity contribution in [1.82, 2.24) is 10.2 Å². The van der Waals surface area contributed by atoms with Gasteiger partial charge in [-0.3, -0.25) is 4.79 Å². The maximum absolute atomic E-state index is 12.6. The van der Waals surface area contributed by atoms with Gasteiger partial charge in [-0.2, -0.15) is 0 Å². The summed E-state index contributed by atoms with van der Waals surface area (Å²) in [5, 5.41) is 3.15. The van der Waals surface area contributed by atoms with Crippen molar-refractivity contribution in [2.24, 2.45) is 5.92 Å². The molecular formula is C18H29ClN2O3. The SMILES string of the molecule is COCCNCC(=O)N(Cc1ccccc1)CC1CCOCC1.Cl. The van der Waals surface area contributed by atoms with Crippen LogP contribution in [0, 0.1) is 5.92 Å². The molecule has 1 aromatic rings. The summed E-state index contributed by atoms with van der Waals surface area (Å²) in [7, 11) is 1.66. The van der Waals surface area contributed by atoms with Crippen LogP contribution in [-0.2, 0) is 20.8 Å². The van der Waals surface area contributed by atoms with Gasteiger partial charge < -0.3 is 19.7 Å². The zero-order valence-electron chi connectivity index (χ0n) is 14.4. The second-order valence-electron chi connectivity index (χ2n) is 5.99. The predicted molar refractivity (Wildman–Crippen MR) is 97.4 cm³/mol. The molecule has 0 saturated carbocycles. The fraction of sp³-hybridized carbons (Fsp3) is 0.611. The Morgan fingerprint density at radius 3 is 2.67 bits per heavy atom. The van der Waals surface area contributed by atoms with Crippen molar-refractivity contribution in [3.8, 4) is 0 Å². The highest BCUT2D eigenvalue weighted by Crippen LogP contribution is 2.17. The number of amides is 1. The molecule has 0 bridgehead atoms. The Kier molecular flexibility index (Phi) is 10.7. The van der Waals surface area contributed by atoms with Gasteiger partial charge >= 0.3 is 0 Å². The minimum atomic E-state index is 0. The monoisotopic (exact) mass is 356 g/mol. The summed E-state index contributed by atoms with van der Waals surface area (Å²) in [4.78, 5) is 14.6. The van der Waals surface area contributed by atoms with Crippen LogP contribution in [0.1, 0.15) is 18.4 Å². The number of benzene rings is 1. The van der Waals surface area contributed by atoms with Gasteiger partial charge in [-0.25, -0.2) is 0 Å². The second-order valence-corrected chi connectivity index (χ2v) is 5.99. The van der Waals surface area contributed by atoms with Gasteiger partial charge in [0.05, 0.1) is 13.2 Å². The molecule has 24 heavy (non-hydrogen) atoms. The van der Waals surface area contributed by atoms with E-state index in [-0.39, 0.29) is 18.3 Å². The second kappa shape index (κ2) is 12.3. The fourth-order valence-electron chi connectivity index (χ4n) is 2.78. The maximum atomic E-state index is 12.6. The standard InChI is InChI=1S/C18H28N2O3.ClH/c1-22-12-9-19-13-18(21)20(14-16-5-3-2-4-6-16)15-17-7-10-23-11-8-17;/h2-6,17,19H,7-15H2,1H3;1H. The van der Waals surface area contributed by atoms with Crippen LogP contribution in [0.2, 0.25) is 0 Å². The van der Waals surface area contributed by atoms with Gasteiger partial charge in [-0.1, -0.05) is 30.3 Å². The Hall–Kier alpha value is -1.14. The molecule has 1 aromatic carbocycles. The topological polar surface area (TPSA) is 50.8 Å². The van der Waals surface area contributed by atoms with Crippen molar-refractivity contribution >= 4 is 18.3 Å². The zero-order chi connectivity index (χ0) is 16.3. The van der Waals surface area contributed by atoms with Crippen molar-refractivity contribution in [3.63, 3.8) is 0 Å². The van der Waals surface area contributed by atoms with Crippen molar-refractivity contribution in [2.75, 3.05) is 46.6 Å². The summed E-state index contributed by atoms with van der Waals surface area (Å²) in [5.41, 5.74) is 1.17. The van der Waals surface area contributed by atoms with E-state index in [0.717, 1.165) is 32.6 Å². The largest absolute Gasteiger partial charge is 0.383 e. The molecular weight excluding hydrogens is 328 g/mol. The third-order valence-electron chi connectivity index (χ3n) is 4.15. The van der Waals surface area contributed by atoms with Crippen LogP contribution in [0.25, 0.3) is 0 Å². The Labute approximate surface area is 151 Å². The van der Waals surface area contributed by atoms with E-state index in [2.05, 4.69) is 17.4 Å². The average Bonchev–Trinajstić information content (AvgIpc) is 2.60. The highest BCUT2D eigenvalue weighted by atomic mass is 35.5. The molecule has 136 valence electrons. The van der Waals surface area contributed by atoms with E-state index in [1.54, 1.807) is 7.11 Å². The smallest absolute Gasteiger partial charge is 0.236 e. The summed E-state index contributed by atoms with van der Waals surface area (Å²) in [6.45, 7) is 4.77. The zero-order valence-corrected chi connectivity index (χ0v) is 15.2. The molecule has 2 rings (SSSR count). The first-order valence-corrected chi connectivity index (χ1v) is 8.38. The lowest BCUT2D eigenvalue weighted by molar-refractivity contribution is -0.132.